The van der Waals surface area contributed by atoms with Crippen LogP contribution in [0, 0.1) is 41.5 Å². The lowest BCUT2D eigenvalue weighted by Crippen LogP contribution is -2.39. The average Bonchev–Trinajstić information content (AvgIpc) is 3.43. The molecule has 0 spiro atoms. The SMILES string of the molecule is Cc1cc(C)c(N2C=CNC2Cc2cccc(CC3NC=CN3c3c(C)cc(C)cc3C)n2)c(C)c1. The minimum absolute atomic E-state index is 0.147. The minimum atomic E-state index is 0.147. The van der Waals surface area contributed by atoms with Crippen LogP contribution in [0.15, 0.2) is 67.3 Å². The Morgan fingerprint density at radius 2 is 1.03 bits per heavy atom. The van der Waals surface area contributed by atoms with Crippen LogP contribution in [0.5, 0.6) is 0 Å². The third kappa shape index (κ3) is 4.70. The molecule has 3 aromatic rings. The van der Waals surface area contributed by atoms with E-state index in [9.17, 15) is 0 Å². The van der Waals surface area contributed by atoms with Gasteiger partial charge in [-0.15, -0.1) is 0 Å². The van der Waals surface area contributed by atoms with Gasteiger partial charge in [-0.3, -0.25) is 4.98 Å². The molecule has 2 aliphatic rings. The zero-order chi connectivity index (χ0) is 25.4. The van der Waals surface area contributed by atoms with Crippen LogP contribution >= 0.6 is 0 Å². The summed E-state index contributed by atoms with van der Waals surface area (Å²) >= 11 is 0. The van der Waals surface area contributed by atoms with Crippen LogP contribution < -0.4 is 20.4 Å². The van der Waals surface area contributed by atoms with E-state index in [1.54, 1.807) is 0 Å². The van der Waals surface area contributed by atoms with Crippen LogP contribution in [-0.4, -0.2) is 17.3 Å². The van der Waals surface area contributed by atoms with Crippen molar-refractivity contribution < 1.29 is 0 Å². The van der Waals surface area contributed by atoms with E-state index in [4.69, 9.17) is 4.98 Å². The Bertz CT molecular complexity index is 1190. The molecule has 0 aliphatic carbocycles. The van der Waals surface area contributed by atoms with Crippen LogP contribution in [-0.2, 0) is 12.8 Å². The van der Waals surface area contributed by atoms with Gasteiger partial charge in [0.15, 0.2) is 0 Å². The first-order valence-corrected chi connectivity index (χ1v) is 12.8. The zero-order valence-corrected chi connectivity index (χ0v) is 22.3. The topological polar surface area (TPSA) is 43.4 Å². The quantitative estimate of drug-likeness (QED) is 0.466. The molecule has 36 heavy (non-hydrogen) atoms. The predicted octanol–water partition coefficient (Wildman–Crippen LogP) is 5.83. The van der Waals surface area contributed by atoms with Crippen molar-refractivity contribution in [1.82, 2.24) is 15.6 Å². The summed E-state index contributed by atoms with van der Waals surface area (Å²) < 4.78 is 0. The first kappa shape index (κ1) is 24.0. The third-order valence-electron chi connectivity index (χ3n) is 7.18. The molecule has 2 N–H and O–H groups in total. The molecule has 0 saturated carbocycles. The molecule has 0 amide bonds. The normalized spacial score (nSPS) is 18.6. The Kier molecular flexibility index (Phi) is 6.48. The van der Waals surface area contributed by atoms with Crippen LogP contribution in [0.2, 0.25) is 0 Å². The van der Waals surface area contributed by atoms with E-state index in [2.05, 4.69) is 117 Å². The molecule has 0 saturated heterocycles. The van der Waals surface area contributed by atoms with E-state index in [-0.39, 0.29) is 12.3 Å². The number of hydrogen-bond acceptors (Lipinski definition) is 5. The molecule has 186 valence electrons. The molecule has 0 fully saturated rings. The Hall–Kier alpha value is -3.73. The van der Waals surface area contributed by atoms with Crippen molar-refractivity contribution in [3.8, 4) is 0 Å². The fourth-order valence-electron chi connectivity index (χ4n) is 5.92. The molecular formula is C31H37N5. The largest absolute Gasteiger partial charge is 0.369 e. The number of aryl methyl sites for hydroxylation is 6. The summed E-state index contributed by atoms with van der Waals surface area (Å²) in [6, 6.07) is 15.5. The molecule has 3 heterocycles. The Morgan fingerprint density at radius 1 is 0.639 bits per heavy atom. The van der Waals surface area contributed by atoms with Crippen molar-refractivity contribution in [3.63, 3.8) is 0 Å². The molecule has 5 heteroatoms. The lowest BCUT2D eigenvalue weighted by Gasteiger charge is -2.30. The lowest BCUT2D eigenvalue weighted by molar-refractivity contribution is 0.593. The van der Waals surface area contributed by atoms with Gasteiger partial charge in [0.2, 0.25) is 0 Å². The maximum atomic E-state index is 5.09. The number of aromatic nitrogens is 1. The molecule has 5 rings (SSSR count). The number of hydrogen-bond donors (Lipinski definition) is 2. The number of nitrogens with zero attached hydrogens (tertiary/aromatic N) is 3. The molecule has 1 aromatic heterocycles. The Balaban J connectivity index is 1.33. The average molecular weight is 480 g/mol. The second kappa shape index (κ2) is 9.73. The molecule has 2 aliphatic heterocycles. The fraction of sp³-hybridized carbons (Fsp3) is 0.323. The predicted molar refractivity (Wildman–Crippen MR) is 150 cm³/mol. The highest BCUT2D eigenvalue weighted by atomic mass is 15.3. The van der Waals surface area contributed by atoms with Gasteiger partial charge < -0.3 is 20.4 Å². The second-order valence-corrected chi connectivity index (χ2v) is 10.3. The van der Waals surface area contributed by atoms with E-state index < -0.39 is 0 Å². The molecular weight excluding hydrogens is 442 g/mol. The fourth-order valence-corrected chi connectivity index (χ4v) is 5.92. The third-order valence-corrected chi connectivity index (χ3v) is 7.18. The number of benzene rings is 2. The van der Waals surface area contributed by atoms with E-state index in [0.717, 1.165) is 24.2 Å². The highest BCUT2D eigenvalue weighted by Gasteiger charge is 2.26. The van der Waals surface area contributed by atoms with Crippen LogP contribution in [0.25, 0.3) is 0 Å². The maximum absolute atomic E-state index is 5.09. The standard InChI is InChI=1S/C31H37N5/c1-20-14-22(3)30(23(4)15-20)35-12-10-32-28(35)18-26-8-7-9-27(34-26)19-29-33-11-13-36(29)31-24(5)16-21(2)17-25(31)6/h7-17,28-29,32-33H,18-19H2,1-6H3. The summed E-state index contributed by atoms with van der Waals surface area (Å²) in [7, 11) is 0. The van der Waals surface area contributed by atoms with Gasteiger partial charge in [0, 0.05) is 60.4 Å². The first-order chi connectivity index (χ1) is 17.3. The van der Waals surface area contributed by atoms with Crippen molar-refractivity contribution in [2.45, 2.75) is 66.7 Å². The van der Waals surface area contributed by atoms with Crippen molar-refractivity contribution in [2.75, 3.05) is 9.80 Å². The number of anilines is 2. The van der Waals surface area contributed by atoms with Crippen LogP contribution in [0.4, 0.5) is 11.4 Å². The monoisotopic (exact) mass is 479 g/mol. The van der Waals surface area contributed by atoms with Gasteiger partial charge >= 0.3 is 0 Å². The highest BCUT2D eigenvalue weighted by Crippen LogP contribution is 2.31. The highest BCUT2D eigenvalue weighted by molar-refractivity contribution is 5.64. The van der Waals surface area contributed by atoms with E-state index in [0.29, 0.717) is 0 Å². The smallest absolute Gasteiger partial charge is 0.108 e. The van der Waals surface area contributed by atoms with Crippen molar-refractivity contribution in [1.29, 1.82) is 0 Å². The first-order valence-electron chi connectivity index (χ1n) is 12.8. The number of pyridine rings is 1. The summed E-state index contributed by atoms with van der Waals surface area (Å²) in [6.45, 7) is 13.1. The summed E-state index contributed by atoms with van der Waals surface area (Å²) in [5.41, 5.74) is 12.6. The van der Waals surface area contributed by atoms with E-state index in [1.807, 2.05) is 12.4 Å². The molecule has 0 bridgehead atoms. The molecule has 5 nitrogen and oxygen atoms in total. The van der Waals surface area contributed by atoms with Crippen LogP contribution in [0.1, 0.15) is 44.8 Å². The minimum Gasteiger partial charge on any atom is -0.369 e. The second-order valence-electron chi connectivity index (χ2n) is 10.3. The van der Waals surface area contributed by atoms with Gasteiger partial charge in [0.1, 0.15) is 12.3 Å². The maximum Gasteiger partial charge on any atom is 0.108 e. The zero-order valence-electron chi connectivity index (χ0n) is 22.3. The summed E-state index contributed by atoms with van der Waals surface area (Å²) in [5, 5.41) is 7.07. The van der Waals surface area contributed by atoms with Gasteiger partial charge in [0.05, 0.1) is 0 Å². The lowest BCUT2D eigenvalue weighted by atomic mass is 10.0. The van der Waals surface area contributed by atoms with Crippen molar-refractivity contribution in [2.24, 2.45) is 0 Å². The van der Waals surface area contributed by atoms with E-state index in [1.165, 1.54) is 44.8 Å². The van der Waals surface area contributed by atoms with Gasteiger partial charge in [0.25, 0.3) is 0 Å². The van der Waals surface area contributed by atoms with E-state index >= 15 is 0 Å². The summed E-state index contributed by atoms with van der Waals surface area (Å²) in [6.07, 6.45) is 10.3. The molecule has 2 aromatic carbocycles. The van der Waals surface area contributed by atoms with Gasteiger partial charge in [-0.1, -0.05) is 41.5 Å². The Labute approximate surface area is 215 Å². The molecule has 0 radical (unpaired) electrons. The van der Waals surface area contributed by atoms with Crippen molar-refractivity contribution >= 4 is 11.4 Å². The van der Waals surface area contributed by atoms with Gasteiger partial charge in [-0.25, -0.2) is 0 Å². The molecule has 2 unspecified atom stereocenters. The Morgan fingerprint density at radius 3 is 1.42 bits per heavy atom. The van der Waals surface area contributed by atoms with Crippen LogP contribution in [0.3, 0.4) is 0 Å². The van der Waals surface area contributed by atoms with Gasteiger partial charge in [-0.2, -0.15) is 0 Å². The molecule has 2 atom stereocenters. The number of nitrogens with one attached hydrogen (secondary N) is 2. The van der Waals surface area contributed by atoms with Gasteiger partial charge in [-0.05, 0) is 75.9 Å². The summed E-state index contributed by atoms with van der Waals surface area (Å²) in [4.78, 5) is 9.79. The van der Waals surface area contributed by atoms with Crippen molar-refractivity contribution in [3.05, 3.63) is 112 Å². The summed E-state index contributed by atoms with van der Waals surface area (Å²) in [5.74, 6) is 0. The number of rotatable bonds is 6.